The van der Waals surface area contributed by atoms with Gasteiger partial charge in [0.2, 0.25) is 5.89 Å². The van der Waals surface area contributed by atoms with Crippen molar-refractivity contribution < 1.29 is 19.5 Å². The maximum atomic E-state index is 11.3. The van der Waals surface area contributed by atoms with Crippen LogP contribution in [-0.4, -0.2) is 38.5 Å². The Kier molecular flexibility index (Phi) is 8.27. The number of carboxylic acid groups (broad SMARTS) is 1. The van der Waals surface area contributed by atoms with Crippen LogP contribution in [0.15, 0.2) is 4.52 Å². The zero-order chi connectivity index (χ0) is 19.8. The van der Waals surface area contributed by atoms with Gasteiger partial charge in [-0.25, -0.2) is 0 Å². The summed E-state index contributed by atoms with van der Waals surface area (Å²) in [6.45, 7) is 0.520. The van der Waals surface area contributed by atoms with E-state index in [4.69, 9.17) is 4.52 Å². The number of hydrogen-bond donors (Lipinski definition) is 3. The zero-order valence-electron chi connectivity index (χ0n) is 16.8. The third kappa shape index (κ3) is 6.85. The van der Waals surface area contributed by atoms with E-state index in [-0.39, 0.29) is 18.4 Å². The molecule has 1 heterocycles. The highest BCUT2D eigenvalue weighted by molar-refractivity contribution is 5.67. The molecule has 1 aromatic heterocycles. The zero-order valence-corrected chi connectivity index (χ0v) is 16.8. The summed E-state index contributed by atoms with van der Waals surface area (Å²) in [4.78, 5) is 15.8. The van der Waals surface area contributed by atoms with Gasteiger partial charge in [0.15, 0.2) is 5.82 Å². The van der Waals surface area contributed by atoms with Crippen molar-refractivity contribution in [2.24, 2.45) is 5.92 Å². The van der Waals surface area contributed by atoms with E-state index < -0.39 is 5.97 Å². The second-order valence-corrected chi connectivity index (χ2v) is 8.66. The first kappa shape index (κ1) is 21.2. The molecule has 0 aliphatic heterocycles. The van der Waals surface area contributed by atoms with Crippen LogP contribution in [0.1, 0.15) is 101 Å². The molecular formula is C21H35N3O4. The molecule has 7 nitrogen and oxygen atoms in total. The van der Waals surface area contributed by atoms with Crippen molar-refractivity contribution >= 4 is 5.97 Å². The van der Waals surface area contributed by atoms with Crippen LogP contribution in [0.5, 0.6) is 0 Å². The van der Waals surface area contributed by atoms with Crippen molar-refractivity contribution in [3.8, 4) is 0 Å². The molecule has 2 fully saturated rings. The monoisotopic (exact) mass is 393 g/mol. The van der Waals surface area contributed by atoms with Gasteiger partial charge in [0, 0.05) is 12.0 Å². The lowest BCUT2D eigenvalue weighted by Gasteiger charge is -2.25. The summed E-state index contributed by atoms with van der Waals surface area (Å²) in [6.07, 6.45) is 13.1. The quantitative estimate of drug-likeness (QED) is 0.555. The van der Waals surface area contributed by atoms with Gasteiger partial charge in [0.1, 0.15) is 0 Å². The largest absolute Gasteiger partial charge is 0.481 e. The first-order valence-electron chi connectivity index (χ1n) is 11.1. The van der Waals surface area contributed by atoms with Crippen LogP contribution in [0.25, 0.3) is 0 Å². The van der Waals surface area contributed by atoms with Gasteiger partial charge in [-0.1, -0.05) is 50.1 Å². The summed E-state index contributed by atoms with van der Waals surface area (Å²) in [7, 11) is 0. The summed E-state index contributed by atoms with van der Waals surface area (Å²) in [5, 5.41) is 26.3. The van der Waals surface area contributed by atoms with Gasteiger partial charge >= 0.3 is 5.97 Å². The molecule has 0 amide bonds. The summed E-state index contributed by atoms with van der Waals surface area (Å²) >= 11 is 0. The summed E-state index contributed by atoms with van der Waals surface area (Å²) in [5.41, 5.74) is 0. The molecule has 1 aromatic rings. The van der Waals surface area contributed by atoms with E-state index in [1.165, 1.54) is 38.5 Å². The minimum atomic E-state index is -0.818. The molecule has 0 unspecified atom stereocenters. The van der Waals surface area contributed by atoms with Gasteiger partial charge in [-0.15, -0.1) is 0 Å². The first-order chi connectivity index (χ1) is 13.6. The van der Waals surface area contributed by atoms with E-state index in [1.54, 1.807) is 0 Å². The fourth-order valence-electron chi connectivity index (χ4n) is 4.67. The Hall–Kier alpha value is -1.47. The van der Waals surface area contributed by atoms with Crippen molar-refractivity contribution in [3.05, 3.63) is 11.7 Å². The van der Waals surface area contributed by atoms with E-state index in [0.29, 0.717) is 24.3 Å². The number of aliphatic hydroxyl groups is 1. The molecule has 2 aliphatic rings. The second-order valence-electron chi connectivity index (χ2n) is 8.66. The predicted octanol–water partition coefficient (Wildman–Crippen LogP) is 3.77. The molecule has 1 atom stereocenters. The van der Waals surface area contributed by atoms with Crippen molar-refractivity contribution in [2.75, 3.05) is 0 Å². The molecule has 2 aliphatic carbocycles. The number of nitrogens with zero attached hydrogens (tertiary/aromatic N) is 2. The second kappa shape index (κ2) is 10.9. The molecular weight excluding hydrogens is 358 g/mol. The highest BCUT2D eigenvalue weighted by Gasteiger charge is 2.24. The number of aliphatic hydroxyl groups excluding tert-OH is 1. The molecule has 7 heteroatoms. The highest BCUT2D eigenvalue weighted by Crippen LogP contribution is 2.31. The summed E-state index contributed by atoms with van der Waals surface area (Å²) in [6, 6.07) is 0.371. The molecule has 0 spiro atoms. The van der Waals surface area contributed by atoms with E-state index in [9.17, 15) is 15.0 Å². The molecule has 0 radical (unpaired) electrons. The molecule has 0 bridgehead atoms. The fourth-order valence-corrected chi connectivity index (χ4v) is 4.67. The normalized spacial score (nSPS) is 24.9. The molecule has 0 saturated heterocycles. The van der Waals surface area contributed by atoms with Crippen LogP contribution in [0.4, 0.5) is 0 Å². The number of aliphatic carboxylic acids is 1. The van der Waals surface area contributed by atoms with E-state index in [2.05, 4.69) is 15.5 Å². The maximum Gasteiger partial charge on any atom is 0.304 e. The van der Waals surface area contributed by atoms with E-state index in [1.807, 2.05) is 0 Å². The van der Waals surface area contributed by atoms with Gasteiger partial charge in [-0.3, -0.25) is 4.79 Å². The Balaban J connectivity index is 1.47. The van der Waals surface area contributed by atoms with Crippen LogP contribution < -0.4 is 5.32 Å². The Morgan fingerprint density at radius 1 is 1.14 bits per heavy atom. The van der Waals surface area contributed by atoms with Gasteiger partial charge in [0.05, 0.1) is 19.1 Å². The Labute approximate surface area is 167 Å². The number of carboxylic acids is 1. The fraction of sp³-hybridized carbons (Fsp3) is 0.857. The maximum absolute atomic E-state index is 11.3. The Morgan fingerprint density at radius 3 is 2.61 bits per heavy atom. The minimum absolute atomic E-state index is 0.0419. The number of rotatable bonds is 10. The van der Waals surface area contributed by atoms with Gasteiger partial charge in [0.25, 0.3) is 0 Å². The van der Waals surface area contributed by atoms with Gasteiger partial charge in [-0.05, 0) is 38.0 Å². The van der Waals surface area contributed by atoms with Crippen molar-refractivity contribution in [3.63, 3.8) is 0 Å². The van der Waals surface area contributed by atoms with Crippen LogP contribution in [0, 0.1) is 5.92 Å². The lowest BCUT2D eigenvalue weighted by Crippen LogP contribution is -2.34. The topological polar surface area (TPSA) is 108 Å². The van der Waals surface area contributed by atoms with Crippen LogP contribution in [-0.2, 0) is 11.3 Å². The van der Waals surface area contributed by atoms with E-state index in [0.717, 1.165) is 44.4 Å². The van der Waals surface area contributed by atoms with Crippen molar-refractivity contribution in [2.45, 2.75) is 108 Å². The standard InChI is InChI=1S/C21H35N3O4/c25-18-11-9-17(10-12-18)22-14-19-23-21(28-24-19)16(13-20(26)27)8-4-7-15-5-2-1-3-6-15/h15-18,22,25H,1-14H2,(H,26,27)/t16-,17-,18-/m1/s1. The SMILES string of the molecule is O=C(O)C[C@@H](CCCC1CCCCC1)c1nc(CN[C@H]2CC[C@H](O)CC2)no1. The van der Waals surface area contributed by atoms with Crippen LogP contribution in [0.3, 0.4) is 0 Å². The number of carbonyl (C=O) groups is 1. The third-order valence-corrected chi connectivity index (χ3v) is 6.39. The average molecular weight is 394 g/mol. The third-order valence-electron chi connectivity index (χ3n) is 6.39. The lowest BCUT2D eigenvalue weighted by molar-refractivity contribution is -0.137. The van der Waals surface area contributed by atoms with Crippen molar-refractivity contribution in [1.82, 2.24) is 15.5 Å². The molecule has 158 valence electrons. The van der Waals surface area contributed by atoms with Crippen LogP contribution >= 0.6 is 0 Å². The molecule has 0 aromatic carbocycles. The van der Waals surface area contributed by atoms with Crippen molar-refractivity contribution in [1.29, 1.82) is 0 Å². The molecule has 3 N–H and O–H groups in total. The molecule has 28 heavy (non-hydrogen) atoms. The Bertz CT molecular complexity index is 592. The molecule has 2 saturated carbocycles. The van der Waals surface area contributed by atoms with E-state index >= 15 is 0 Å². The smallest absolute Gasteiger partial charge is 0.304 e. The number of aromatic nitrogens is 2. The Morgan fingerprint density at radius 2 is 1.89 bits per heavy atom. The van der Waals surface area contributed by atoms with Gasteiger partial charge < -0.3 is 20.1 Å². The summed E-state index contributed by atoms with van der Waals surface area (Å²) < 4.78 is 5.42. The molecule has 3 rings (SSSR count). The summed E-state index contributed by atoms with van der Waals surface area (Å²) in [5.74, 6) is 0.829. The first-order valence-corrected chi connectivity index (χ1v) is 11.1. The number of hydrogen-bond acceptors (Lipinski definition) is 6. The highest BCUT2D eigenvalue weighted by atomic mass is 16.5. The lowest BCUT2D eigenvalue weighted by atomic mass is 9.84. The van der Waals surface area contributed by atoms with Gasteiger partial charge in [-0.2, -0.15) is 4.98 Å². The predicted molar refractivity (Wildman–Crippen MR) is 105 cm³/mol. The average Bonchev–Trinajstić information content (AvgIpc) is 3.16. The van der Waals surface area contributed by atoms with Crippen LogP contribution in [0.2, 0.25) is 0 Å². The minimum Gasteiger partial charge on any atom is -0.481 e. The number of nitrogens with one attached hydrogen (secondary N) is 1.